The number of methoxy groups -OCH3 is 1. The summed E-state index contributed by atoms with van der Waals surface area (Å²) in [5, 5.41) is 14.1. The molecule has 0 saturated heterocycles. The smallest absolute Gasteiger partial charge is 0.338 e. The molecule has 174 valence electrons. The average Bonchev–Trinajstić information content (AvgIpc) is 2.87. The van der Waals surface area contributed by atoms with Crippen LogP contribution in [0.2, 0.25) is 0 Å². The second kappa shape index (κ2) is 10.4. The monoisotopic (exact) mass is 461 g/mol. The number of non-ortho nitro benzene ring substituents is 1. The lowest BCUT2D eigenvalue weighted by atomic mass is 10.0. The number of esters is 1. The normalized spacial score (nSPS) is 11.3. The molecule has 0 aliphatic rings. The number of hydrogen-bond acceptors (Lipinski definition) is 6. The predicted molar refractivity (Wildman–Crippen MR) is 126 cm³/mol. The van der Waals surface area contributed by atoms with E-state index in [0.29, 0.717) is 11.3 Å². The third-order valence-electron chi connectivity index (χ3n) is 5.36. The summed E-state index contributed by atoms with van der Waals surface area (Å²) in [6, 6.07) is 18.8. The molecule has 9 heteroatoms. The average molecular weight is 461 g/mol. The number of nitrogens with one attached hydrogen (secondary N) is 1. The van der Waals surface area contributed by atoms with E-state index in [-0.39, 0.29) is 17.0 Å². The number of anilines is 1. The van der Waals surface area contributed by atoms with Crippen LogP contribution < -0.4 is 5.32 Å². The lowest BCUT2D eigenvalue weighted by molar-refractivity contribution is -0.384. The van der Waals surface area contributed by atoms with Crippen LogP contribution in [0.25, 0.3) is 0 Å². The minimum Gasteiger partial charge on any atom is -0.465 e. The van der Waals surface area contributed by atoms with Crippen molar-refractivity contribution in [3.05, 3.63) is 105 Å². The van der Waals surface area contributed by atoms with Gasteiger partial charge in [0.05, 0.1) is 23.6 Å². The molecule has 3 aromatic rings. The maximum Gasteiger partial charge on any atom is 0.338 e. The van der Waals surface area contributed by atoms with E-state index in [9.17, 15) is 24.5 Å². The number of nitro groups is 1. The van der Waals surface area contributed by atoms with Crippen LogP contribution in [0.3, 0.4) is 0 Å². The second-order valence-electron chi connectivity index (χ2n) is 7.55. The third-order valence-corrected chi connectivity index (χ3v) is 5.36. The summed E-state index contributed by atoms with van der Waals surface area (Å²) in [5.41, 5.74) is 1.31. The number of carbonyl (C=O) groups is 3. The van der Waals surface area contributed by atoms with Crippen molar-refractivity contribution in [2.24, 2.45) is 0 Å². The highest BCUT2D eigenvalue weighted by molar-refractivity contribution is 6.04. The van der Waals surface area contributed by atoms with Crippen molar-refractivity contribution in [2.45, 2.75) is 13.0 Å². The number of hydrogen-bond donors (Lipinski definition) is 1. The Bertz CT molecular complexity index is 1240. The molecular weight excluding hydrogens is 438 g/mol. The molecule has 2 amide bonds. The molecule has 0 aliphatic heterocycles. The van der Waals surface area contributed by atoms with Gasteiger partial charge < -0.3 is 15.0 Å². The van der Waals surface area contributed by atoms with Gasteiger partial charge in [0.15, 0.2) is 0 Å². The first-order valence-electron chi connectivity index (χ1n) is 10.3. The number of carbonyl (C=O) groups excluding carboxylic acids is 3. The van der Waals surface area contributed by atoms with Gasteiger partial charge in [-0.25, -0.2) is 4.79 Å². The third kappa shape index (κ3) is 5.44. The highest BCUT2D eigenvalue weighted by atomic mass is 16.6. The summed E-state index contributed by atoms with van der Waals surface area (Å²) in [6.07, 6.45) is 0. The van der Waals surface area contributed by atoms with Gasteiger partial charge in [-0.3, -0.25) is 19.7 Å². The minimum absolute atomic E-state index is 0.0162. The molecule has 3 aromatic carbocycles. The number of rotatable bonds is 7. The maximum atomic E-state index is 13.1. The molecule has 0 bridgehead atoms. The number of ether oxygens (including phenoxy) is 1. The van der Waals surface area contributed by atoms with E-state index in [2.05, 4.69) is 10.1 Å². The first-order chi connectivity index (χ1) is 16.2. The molecular formula is C25H23N3O6. The van der Waals surface area contributed by atoms with E-state index in [0.717, 1.165) is 24.8 Å². The zero-order valence-corrected chi connectivity index (χ0v) is 18.8. The van der Waals surface area contributed by atoms with E-state index < -0.39 is 28.5 Å². The molecule has 1 unspecified atom stereocenters. The topological polar surface area (TPSA) is 119 Å². The van der Waals surface area contributed by atoms with Gasteiger partial charge in [-0.05, 0) is 42.8 Å². The van der Waals surface area contributed by atoms with Gasteiger partial charge in [-0.1, -0.05) is 30.3 Å². The first-order valence-corrected chi connectivity index (χ1v) is 10.3. The Labute approximate surface area is 196 Å². The molecule has 0 fully saturated rings. The van der Waals surface area contributed by atoms with Crippen molar-refractivity contribution in [2.75, 3.05) is 19.5 Å². The van der Waals surface area contributed by atoms with Crippen molar-refractivity contribution in [3.63, 3.8) is 0 Å². The Hall–Kier alpha value is -4.53. The molecule has 0 heterocycles. The molecule has 0 spiro atoms. The van der Waals surface area contributed by atoms with Crippen LogP contribution in [0.15, 0.2) is 72.8 Å². The van der Waals surface area contributed by atoms with Crippen LogP contribution >= 0.6 is 0 Å². The summed E-state index contributed by atoms with van der Waals surface area (Å²) >= 11 is 0. The van der Waals surface area contributed by atoms with Crippen molar-refractivity contribution in [1.29, 1.82) is 0 Å². The van der Waals surface area contributed by atoms with Gasteiger partial charge >= 0.3 is 5.97 Å². The number of nitrogens with zero attached hydrogens (tertiary/aromatic N) is 2. The molecule has 0 radical (unpaired) electrons. The highest BCUT2D eigenvalue weighted by Gasteiger charge is 2.24. The van der Waals surface area contributed by atoms with E-state index in [4.69, 9.17) is 0 Å². The lowest BCUT2D eigenvalue weighted by Gasteiger charge is -2.26. The van der Waals surface area contributed by atoms with Crippen molar-refractivity contribution < 1.29 is 24.0 Å². The van der Waals surface area contributed by atoms with Gasteiger partial charge in [0, 0.05) is 36.0 Å². The van der Waals surface area contributed by atoms with E-state index in [1.807, 2.05) is 6.07 Å². The van der Waals surface area contributed by atoms with Gasteiger partial charge in [-0.2, -0.15) is 0 Å². The molecule has 0 aliphatic carbocycles. The zero-order chi connectivity index (χ0) is 24.8. The van der Waals surface area contributed by atoms with Gasteiger partial charge in [-0.15, -0.1) is 0 Å². The fourth-order valence-electron chi connectivity index (χ4n) is 3.35. The molecule has 0 saturated carbocycles. The van der Waals surface area contributed by atoms with Gasteiger partial charge in [0.2, 0.25) is 0 Å². The molecule has 1 atom stereocenters. The molecule has 0 aromatic heterocycles. The van der Waals surface area contributed by atoms with Crippen LogP contribution in [0.1, 0.15) is 49.6 Å². The predicted octanol–water partition coefficient (Wildman–Crippen LogP) is 4.47. The van der Waals surface area contributed by atoms with Crippen LogP contribution in [-0.4, -0.2) is 41.8 Å². The Morgan fingerprint density at radius 3 is 2.26 bits per heavy atom. The maximum absolute atomic E-state index is 13.1. The summed E-state index contributed by atoms with van der Waals surface area (Å²) in [6.45, 7) is 1.79. The second-order valence-corrected chi connectivity index (χ2v) is 7.55. The number of benzene rings is 3. The van der Waals surface area contributed by atoms with E-state index >= 15 is 0 Å². The summed E-state index contributed by atoms with van der Waals surface area (Å²) < 4.78 is 4.64. The quantitative estimate of drug-likeness (QED) is 0.315. The highest BCUT2D eigenvalue weighted by Crippen LogP contribution is 2.26. The largest absolute Gasteiger partial charge is 0.465 e. The molecule has 34 heavy (non-hydrogen) atoms. The molecule has 1 N–H and O–H groups in total. The standard InChI is InChI=1S/C25H23N3O6/c1-16(18-10-7-11-21(13-18)26-23(29)17-8-5-4-6-9-17)27(2)24(30)19-12-20(25(31)34-3)15-22(14-19)28(32)33/h4-16H,1-3H3,(H,26,29). The Morgan fingerprint density at radius 2 is 1.62 bits per heavy atom. The summed E-state index contributed by atoms with van der Waals surface area (Å²) in [4.78, 5) is 49.5. The molecule has 9 nitrogen and oxygen atoms in total. The van der Waals surface area contributed by atoms with Crippen LogP contribution in [-0.2, 0) is 4.74 Å². The summed E-state index contributed by atoms with van der Waals surface area (Å²) in [5.74, 6) is -1.56. The zero-order valence-electron chi connectivity index (χ0n) is 18.8. The van der Waals surface area contributed by atoms with Gasteiger partial charge in [0.1, 0.15) is 0 Å². The van der Waals surface area contributed by atoms with Crippen molar-refractivity contribution in [1.82, 2.24) is 4.90 Å². The van der Waals surface area contributed by atoms with Crippen molar-refractivity contribution in [3.8, 4) is 0 Å². The number of nitro benzene ring substituents is 1. The Morgan fingerprint density at radius 1 is 0.941 bits per heavy atom. The SMILES string of the molecule is COC(=O)c1cc(C(=O)N(C)C(C)c2cccc(NC(=O)c3ccccc3)c2)cc([N+](=O)[O-])c1. The van der Waals surface area contributed by atoms with E-state index in [1.54, 1.807) is 62.5 Å². The summed E-state index contributed by atoms with van der Waals surface area (Å²) in [7, 11) is 2.71. The first kappa shape index (κ1) is 24.1. The fraction of sp³-hybridized carbons (Fsp3) is 0.160. The van der Waals surface area contributed by atoms with Crippen LogP contribution in [0.4, 0.5) is 11.4 Å². The minimum atomic E-state index is -0.782. The number of amides is 2. The molecule has 3 rings (SSSR count). The van der Waals surface area contributed by atoms with Crippen molar-refractivity contribution >= 4 is 29.2 Å². The van der Waals surface area contributed by atoms with Crippen LogP contribution in [0, 0.1) is 10.1 Å². The fourth-order valence-corrected chi connectivity index (χ4v) is 3.35. The van der Waals surface area contributed by atoms with Gasteiger partial charge in [0.25, 0.3) is 17.5 Å². The van der Waals surface area contributed by atoms with Crippen LogP contribution in [0.5, 0.6) is 0 Å². The Balaban J connectivity index is 1.83. The lowest BCUT2D eigenvalue weighted by Crippen LogP contribution is -2.30. The van der Waals surface area contributed by atoms with E-state index in [1.165, 1.54) is 11.0 Å². The Kier molecular flexibility index (Phi) is 7.37.